The van der Waals surface area contributed by atoms with Crippen LogP contribution in [0.25, 0.3) is 0 Å². The van der Waals surface area contributed by atoms with Crippen LogP contribution < -0.4 is 5.32 Å². The van der Waals surface area contributed by atoms with Crippen LogP contribution in [-0.4, -0.2) is 33.0 Å². The highest BCUT2D eigenvalue weighted by atomic mass is 32.2. The average molecular weight is 271 g/mol. The molecule has 94 valence electrons. The van der Waals surface area contributed by atoms with Crippen molar-refractivity contribution in [1.29, 1.82) is 0 Å². The van der Waals surface area contributed by atoms with Crippen LogP contribution in [-0.2, 0) is 9.84 Å². The van der Waals surface area contributed by atoms with Crippen molar-refractivity contribution < 1.29 is 8.42 Å². The maximum atomic E-state index is 11.3. The fraction of sp³-hybridized carbons (Fsp3) is 0.500. The Balaban J connectivity index is 1.80. The fourth-order valence-corrected chi connectivity index (χ4v) is 2.92. The minimum Gasteiger partial charge on any atom is -0.313 e. The summed E-state index contributed by atoms with van der Waals surface area (Å²) in [5, 5.41) is 3.45. The van der Waals surface area contributed by atoms with Gasteiger partial charge in [-0.3, -0.25) is 0 Å². The Hall–Kier alpha value is -0.520. The monoisotopic (exact) mass is 271 g/mol. The molecule has 1 aromatic carbocycles. The zero-order chi connectivity index (χ0) is 12.3. The molecule has 1 aliphatic rings. The summed E-state index contributed by atoms with van der Waals surface area (Å²) in [6.07, 6.45) is 3.86. The summed E-state index contributed by atoms with van der Waals surface area (Å²) in [5.41, 5.74) is 0. The minimum absolute atomic E-state index is 0.387. The van der Waals surface area contributed by atoms with Crippen LogP contribution in [0.2, 0.25) is 0 Å². The average Bonchev–Trinajstić information content (AvgIpc) is 3.08. The standard InChI is InChI=1S/C12H17NO2S2/c1-17(14,15)12-6-4-11(5-7-12)16-9-8-13-10-2-3-10/h4-7,10,13H,2-3,8-9H2,1H3. The first kappa shape index (κ1) is 12.9. The second kappa shape index (κ2) is 5.42. The lowest BCUT2D eigenvalue weighted by molar-refractivity contribution is 0.602. The number of sulfone groups is 1. The Morgan fingerprint density at radius 3 is 2.47 bits per heavy atom. The Morgan fingerprint density at radius 2 is 1.94 bits per heavy atom. The van der Waals surface area contributed by atoms with E-state index in [0.29, 0.717) is 4.90 Å². The predicted octanol–water partition coefficient (Wildman–Crippen LogP) is 1.93. The van der Waals surface area contributed by atoms with Crippen molar-refractivity contribution in [2.45, 2.75) is 28.7 Å². The third kappa shape index (κ3) is 4.33. The Morgan fingerprint density at radius 1 is 1.29 bits per heavy atom. The molecule has 0 saturated heterocycles. The molecule has 1 fully saturated rings. The van der Waals surface area contributed by atoms with E-state index in [0.717, 1.165) is 23.2 Å². The first-order valence-corrected chi connectivity index (χ1v) is 8.60. The lowest BCUT2D eigenvalue weighted by Gasteiger charge is -2.04. The van der Waals surface area contributed by atoms with Crippen molar-refractivity contribution in [3.63, 3.8) is 0 Å². The highest BCUT2D eigenvalue weighted by Crippen LogP contribution is 2.21. The molecule has 0 unspecified atom stereocenters. The van der Waals surface area contributed by atoms with Crippen LogP contribution in [0.1, 0.15) is 12.8 Å². The van der Waals surface area contributed by atoms with Gasteiger partial charge in [-0.15, -0.1) is 11.8 Å². The molecule has 0 heterocycles. The Kier molecular flexibility index (Phi) is 4.12. The Bertz CT molecular complexity index is 464. The van der Waals surface area contributed by atoms with Crippen molar-refractivity contribution in [2.75, 3.05) is 18.6 Å². The van der Waals surface area contributed by atoms with Crippen molar-refractivity contribution in [3.8, 4) is 0 Å². The molecule has 3 nitrogen and oxygen atoms in total. The van der Waals surface area contributed by atoms with E-state index in [4.69, 9.17) is 0 Å². The topological polar surface area (TPSA) is 46.2 Å². The van der Waals surface area contributed by atoms with Gasteiger partial charge in [0.2, 0.25) is 0 Å². The molecule has 5 heteroatoms. The summed E-state index contributed by atoms with van der Waals surface area (Å²) < 4.78 is 22.5. The molecule has 1 N–H and O–H groups in total. The van der Waals surface area contributed by atoms with Crippen LogP contribution in [0, 0.1) is 0 Å². The zero-order valence-electron chi connectivity index (χ0n) is 9.85. The van der Waals surface area contributed by atoms with Gasteiger partial charge in [0.05, 0.1) is 4.90 Å². The first-order valence-electron chi connectivity index (χ1n) is 5.72. The summed E-state index contributed by atoms with van der Waals surface area (Å²) in [4.78, 5) is 1.51. The third-order valence-electron chi connectivity index (χ3n) is 2.63. The summed E-state index contributed by atoms with van der Waals surface area (Å²) in [7, 11) is -3.07. The molecule has 0 aliphatic heterocycles. The summed E-state index contributed by atoms with van der Waals surface area (Å²) in [5.74, 6) is 1.02. The highest BCUT2D eigenvalue weighted by Gasteiger charge is 2.19. The predicted molar refractivity (Wildman–Crippen MR) is 71.3 cm³/mol. The van der Waals surface area contributed by atoms with Crippen LogP contribution in [0.15, 0.2) is 34.1 Å². The highest BCUT2D eigenvalue weighted by molar-refractivity contribution is 7.99. The number of thioether (sulfide) groups is 1. The molecule has 17 heavy (non-hydrogen) atoms. The van der Waals surface area contributed by atoms with Gasteiger partial charge in [0.1, 0.15) is 0 Å². The van der Waals surface area contributed by atoms with E-state index in [1.54, 1.807) is 23.9 Å². The molecule has 0 atom stereocenters. The largest absolute Gasteiger partial charge is 0.313 e. The van der Waals surface area contributed by atoms with Gasteiger partial charge in [-0.2, -0.15) is 0 Å². The normalized spacial score (nSPS) is 16.1. The van der Waals surface area contributed by atoms with Crippen molar-refractivity contribution >= 4 is 21.6 Å². The van der Waals surface area contributed by atoms with Gasteiger partial charge in [0, 0.05) is 29.5 Å². The van der Waals surface area contributed by atoms with Gasteiger partial charge in [-0.1, -0.05) is 0 Å². The van der Waals surface area contributed by atoms with E-state index < -0.39 is 9.84 Å². The molecule has 0 amide bonds. The molecule has 0 radical (unpaired) electrons. The van der Waals surface area contributed by atoms with Crippen molar-refractivity contribution in [1.82, 2.24) is 5.32 Å². The van der Waals surface area contributed by atoms with Crippen LogP contribution in [0.5, 0.6) is 0 Å². The van der Waals surface area contributed by atoms with E-state index in [-0.39, 0.29) is 0 Å². The molecular weight excluding hydrogens is 254 g/mol. The zero-order valence-corrected chi connectivity index (χ0v) is 11.5. The molecule has 0 bridgehead atoms. The van der Waals surface area contributed by atoms with Gasteiger partial charge < -0.3 is 5.32 Å². The van der Waals surface area contributed by atoms with Crippen LogP contribution in [0.4, 0.5) is 0 Å². The van der Waals surface area contributed by atoms with Gasteiger partial charge >= 0.3 is 0 Å². The third-order valence-corrected chi connectivity index (χ3v) is 4.78. The van der Waals surface area contributed by atoms with Crippen molar-refractivity contribution in [2.24, 2.45) is 0 Å². The van der Waals surface area contributed by atoms with Gasteiger partial charge in [-0.05, 0) is 37.1 Å². The lowest BCUT2D eigenvalue weighted by atomic mass is 10.4. The molecule has 1 aromatic rings. The smallest absolute Gasteiger partial charge is 0.175 e. The van der Waals surface area contributed by atoms with Crippen molar-refractivity contribution in [3.05, 3.63) is 24.3 Å². The van der Waals surface area contributed by atoms with E-state index >= 15 is 0 Å². The number of benzene rings is 1. The number of nitrogens with one attached hydrogen (secondary N) is 1. The number of rotatable bonds is 6. The minimum atomic E-state index is -3.07. The fourth-order valence-electron chi connectivity index (χ4n) is 1.50. The van der Waals surface area contributed by atoms with E-state index in [1.165, 1.54) is 19.1 Å². The molecule has 0 spiro atoms. The molecule has 2 rings (SSSR count). The van der Waals surface area contributed by atoms with Crippen LogP contribution >= 0.6 is 11.8 Å². The molecule has 1 aliphatic carbocycles. The molecule has 0 aromatic heterocycles. The van der Waals surface area contributed by atoms with Crippen LogP contribution in [0.3, 0.4) is 0 Å². The molecule has 1 saturated carbocycles. The summed E-state index contributed by atoms with van der Waals surface area (Å²) in [6.45, 7) is 1.02. The Labute approximate surface area is 107 Å². The quantitative estimate of drug-likeness (QED) is 0.634. The van der Waals surface area contributed by atoms with E-state index in [9.17, 15) is 8.42 Å². The van der Waals surface area contributed by atoms with Gasteiger partial charge in [-0.25, -0.2) is 8.42 Å². The number of hydrogen-bond donors (Lipinski definition) is 1. The van der Waals surface area contributed by atoms with Gasteiger partial charge in [0.15, 0.2) is 9.84 Å². The lowest BCUT2D eigenvalue weighted by Crippen LogP contribution is -2.18. The second-order valence-corrected chi connectivity index (χ2v) is 7.50. The SMILES string of the molecule is CS(=O)(=O)c1ccc(SCCNC2CC2)cc1. The second-order valence-electron chi connectivity index (χ2n) is 4.32. The van der Waals surface area contributed by atoms with E-state index in [1.807, 2.05) is 12.1 Å². The molecular formula is C12H17NO2S2. The van der Waals surface area contributed by atoms with E-state index in [2.05, 4.69) is 5.32 Å². The maximum absolute atomic E-state index is 11.3. The number of hydrogen-bond acceptors (Lipinski definition) is 4. The first-order chi connectivity index (χ1) is 8.05. The maximum Gasteiger partial charge on any atom is 0.175 e. The summed E-state index contributed by atoms with van der Waals surface area (Å²) in [6, 6.07) is 7.84. The summed E-state index contributed by atoms with van der Waals surface area (Å²) >= 11 is 1.75. The van der Waals surface area contributed by atoms with Gasteiger partial charge in [0.25, 0.3) is 0 Å².